The lowest BCUT2D eigenvalue weighted by atomic mass is 10.3. The molecule has 9 heavy (non-hydrogen) atoms. The summed E-state index contributed by atoms with van der Waals surface area (Å²) in [4.78, 5) is 8.36. The molecule has 1 aliphatic carbocycles. The van der Waals surface area contributed by atoms with Crippen LogP contribution in [-0.4, -0.2) is 11.6 Å². The topological polar surface area (TPSA) is 37.3 Å². The van der Waals surface area contributed by atoms with E-state index in [2.05, 4.69) is 13.0 Å². The van der Waals surface area contributed by atoms with E-state index in [0.717, 1.165) is 0 Å². The van der Waals surface area contributed by atoms with Crippen LogP contribution in [0.2, 0.25) is 0 Å². The molecule has 0 heterocycles. The fourth-order valence-corrected chi connectivity index (χ4v) is 0.831. The standard InChI is InChI=1S/C6H10.CH2O2/c1-6-4-2-3-5-6;2-1-3/h4H,2-3,5H2,1H3;1H,(H,2,3). The van der Waals surface area contributed by atoms with E-state index < -0.39 is 0 Å². The van der Waals surface area contributed by atoms with Gasteiger partial charge < -0.3 is 5.11 Å². The van der Waals surface area contributed by atoms with Crippen LogP contribution in [-0.2, 0) is 4.79 Å². The second-order valence-corrected chi connectivity index (χ2v) is 2.05. The van der Waals surface area contributed by atoms with Crippen LogP contribution in [0.3, 0.4) is 0 Å². The summed E-state index contributed by atoms with van der Waals surface area (Å²) in [7, 11) is 0. The minimum absolute atomic E-state index is 0.250. The van der Waals surface area contributed by atoms with Crippen molar-refractivity contribution in [1.82, 2.24) is 0 Å². The van der Waals surface area contributed by atoms with E-state index >= 15 is 0 Å². The van der Waals surface area contributed by atoms with Gasteiger partial charge in [0, 0.05) is 0 Å². The lowest BCUT2D eigenvalue weighted by molar-refractivity contribution is -0.122. The Labute approximate surface area is 55.2 Å². The minimum atomic E-state index is -0.250. The van der Waals surface area contributed by atoms with E-state index in [1.54, 1.807) is 5.57 Å². The van der Waals surface area contributed by atoms with Gasteiger partial charge in [-0.3, -0.25) is 4.79 Å². The molecule has 0 radical (unpaired) electrons. The van der Waals surface area contributed by atoms with Crippen LogP contribution >= 0.6 is 0 Å². The van der Waals surface area contributed by atoms with Gasteiger partial charge >= 0.3 is 0 Å². The highest BCUT2D eigenvalue weighted by atomic mass is 16.3. The van der Waals surface area contributed by atoms with E-state index in [0.29, 0.717) is 0 Å². The second-order valence-electron chi connectivity index (χ2n) is 2.05. The summed E-state index contributed by atoms with van der Waals surface area (Å²) in [5.74, 6) is 0. The zero-order chi connectivity index (χ0) is 7.11. The van der Waals surface area contributed by atoms with Gasteiger partial charge in [0.05, 0.1) is 0 Å². The first-order chi connectivity index (χ1) is 4.31. The number of carbonyl (C=O) groups is 1. The van der Waals surface area contributed by atoms with E-state index in [9.17, 15) is 0 Å². The quantitative estimate of drug-likeness (QED) is 0.399. The Kier molecular flexibility index (Phi) is 4.88. The molecule has 0 aromatic heterocycles. The molecule has 0 aromatic carbocycles. The lowest BCUT2D eigenvalue weighted by Gasteiger charge is -1.79. The van der Waals surface area contributed by atoms with Crippen LogP contribution in [0.1, 0.15) is 26.2 Å². The van der Waals surface area contributed by atoms with Gasteiger partial charge in [0.25, 0.3) is 6.47 Å². The highest BCUT2D eigenvalue weighted by Gasteiger charge is 1.94. The molecule has 1 N–H and O–H groups in total. The monoisotopic (exact) mass is 128 g/mol. The Balaban J connectivity index is 0.000000187. The van der Waals surface area contributed by atoms with Crippen molar-refractivity contribution in [3.05, 3.63) is 11.6 Å². The highest BCUT2D eigenvalue weighted by molar-refractivity contribution is 5.32. The van der Waals surface area contributed by atoms with Crippen molar-refractivity contribution in [2.24, 2.45) is 0 Å². The van der Waals surface area contributed by atoms with Crippen LogP contribution in [0.5, 0.6) is 0 Å². The van der Waals surface area contributed by atoms with Gasteiger partial charge in [-0.15, -0.1) is 0 Å². The summed E-state index contributed by atoms with van der Waals surface area (Å²) in [6, 6.07) is 0. The predicted octanol–water partition coefficient (Wildman–Crippen LogP) is 1.82. The van der Waals surface area contributed by atoms with Gasteiger partial charge in [-0.25, -0.2) is 0 Å². The third kappa shape index (κ3) is 5.07. The summed E-state index contributed by atoms with van der Waals surface area (Å²) in [6.45, 7) is 1.95. The predicted molar refractivity (Wildman–Crippen MR) is 36.3 cm³/mol. The summed E-state index contributed by atoms with van der Waals surface area (Å²) in [5.41, 5.74) is 1.58. The van der Waals surface area contributed by atoms with Crippen LogP contribution in [0.4, 0.5) is 0 Å². The van der Waals surface area contributed by atoms with Crippen molar-refractivity contribution < 1.29 is 9.90 Å². The number of rotatable bonds is 0. The van der Waals surface area contributed by atoms with Crippen molar-refractivity contribution in [3.63, 3.8) is 0 Å². The smallest absolute Gasteiger partial charge is 0.290 e. The zero-order valence-electron chi connectivity index (χ0n) is 5.63. The molecule has 0 unspecified atom stereocenters. The first-order valence-electron chi connectivity index (χ1n) is 3.04. The molecule has 0 spiro atoms. The molecule has 0 saturated carbocycles. The average Bonchev–Trinajstić information content (AvgIpc) is 2.20. The normalized spacial score (nSPS) is 15.4. The second kappa shape index (κ2) is 5.35. The van der Waals surface area contributed by atoms with Gasteiger partial charge in [-0.2, -0.15) is 0 Å². The Hall–Kier alpha value is -0.790. The van der Waals surface area contributed by atoms with E-state index in [-0.39, 0.29) is 6.47 Å². The van der Waals surface area contributed by atoms with Crippen molar-refractivity contribution >= 4 is 6.47 Å². The molecule has 52 valence electrons. The van der Waals surface area contributed by atoms with Gasteiger partial charge in [0.15, 0.2) is 0 Å². The largest absolute Gasteiger partial charge is 0.483 e. The Morgan fingerprint density at radius 2 is 2.33 bits per heavy atom. The molecule has 0 aliphatic heterocycles. The van der Waals surface area contributed by atoms with Gasteiger partial charge in [0.1, 0.15) is 0 Å². The maximum Gasteiger partial charge on any atom is 0.290 e. The molecule has 2 heteroatoms. The molecular weight excluding hydrogens is 116 g/mol. The first kappa shape index (κ1) is 8.21. The molecule has 0 bridgehead atoms. The van der Waals surface area contributed by atoms with Crippen molar-refractivity contribution in [2.75, 3.05) is 0 Å². The third-order valence-corrected chi connectivity index (χ3v) is 1.27. The maximum absolute atomic E-state index is 8.36. The summed E-state index contributed by atoms with van der Waals surface area (Å²) in [6.07, 6.45) is 6.39. The fraction of sp³-hybridized carbons (Fsp3) is 0.571. The maximum atomic E-state index is 8.36. The van der Waals surface area contributed by atoms with Gasteiger partial charge in [-0.1, -0.05) is 11.6 Å². The molecule has 0 saturated heterocycles. The molecule has 0 amide bonds. The third-order valence-electron chi connectivity index (χ3n) is 1.27. The molecular formula is C7H12O2. The van der Waals surface area contributed by atoms with Gasteiger partial charge in [0.2, 0.25) is 0 Å². The highest BCUT2D eigenvalue weighted by Crippen LogP contribution is 2.15. The van der Waals surface area contributed by atoms with Crippen LogP contribution in [0.15, 0.2) is 11.6 Å². The van der Waals surface area contributed by atoms with E-state index in [1.165, 1.54) is 19.3 Å². The Morgan fingerprint density at radius 1 is 1.78 bits per heavy atom. The molecule has 0 aromatic rings. The number of carboxylic acid groups (broad SMARTS) is 1. The Bertz CT molecular complexity index is 105. The number of allylic oxidation sites excluding steroid dienone is 2. The van der Waals surface area contributed by atoms with Gasteiger partial charge in [-0.05, 0) is 26.2 Å². The van der Waals surface area contributed by atoms with E-state index in [1.807, 2.05) is 0 Å². The first-order valence-corrected chi connectivity index (χ1v) is 3.04. The summed E-state index contributed by atoms with van der Waals surface area (Å²) in [5, 5.41) is 6.89. The molecule has 0 fully saturated rings. The number of hydrogen-bond donors (Lipinski definition) is 1. The minimum Gasteiger partial charge on any atom is -0.483 e. The van der Waals surface area contributed by atoms with Crippen LogP contribution in [0, 0.1) is 0 Å². The van der Waals surface area contributed by atoms with E-state index in [4.69, 9.17) is 9.90 Å². The fourth-order valence-electron chi connectivity index (χ4n) is 0.831. The molecule has 1 rings (SSSR count). The Morgan fingerprint density at radius 3 is 2.44 bits per heavy atom. The molecule has 0 atom stereocenters. The van der Waals surface area contributed by atoms with Crippen molar-refractivity contribution in [3.8, 4) is 0 Å². The zero-order valence-corrected chi connectivity index (χ0v) is 5.63. The summed E-state index contributed by atoms with van der Waals surface area (Å²) >= 11 is 0. The van der Waals surface area contributed by atoms with Crippen molar-refractivity contribution in [1.29, 1.82) is 0 Å². The van der Waals surface area contributed by atoms with Crippen molar-refractivity contribution in [2.45, 2.75) is 26.2 Å². The number of hydrogen-bond acceptors (Lipinski definition) is 1. The molecule has 2 nitrogen and oxygen atoms in total. The SMILES string of the molecule is CC1=CCCC1.O=CO. The lowest BCUT2D eigenvalue weighted by Crippen LogP contribution is -1.59. The van der Waals surface area contributed by atoms with Crippen LogP contribution < -0.4 is 0 Å². The van der Waals surface area contributed by atoms with Crippen LogP contribution in [0.25, 0.3) is 0 Å². The molecule has 1 aliphatic rings. The average molecular weight is 128 g/mol. The summed E-state index contributed by atoms with van der Waals surface area (Å²) < 4.78 is 0.